The Hall–Kier alpha value is -1.93. The van der Waals surface area contributed by atoms with Crippen molar-refractivity contribution in [3.8, 4) is 0 Å². The normalized spacial score (nSPS) is 22.5. The summed E-state index contributed by atoms with van der Waals surface area (Å²) in [4.78, 5) is 23.2. The molecule has 126 valence electrons. The molecule has 1 aliphatic rings. The molecule has 1 aromatic rings. The molecule has 0 amide bonds. The van der Waals surface area contributed by atoms with Gasteiger partial charge < -0.3 is 9.84 Å². The molecule has 23 heavy (non-hydrogen) atoms. The first-order valence-electron chi connectivity index (χ1n) is 7.23. The fraction of sp³-hybridized carbons (Fsp3) is 0.467. The number of hydrogen-bond acceptors (Lipinski definition) is 5. The number of nitrogens with one attached hydrogen (secondary N) is 1. The molecule has 1 saturated carbocycles. The van der Waals surface area contributed by atoms with E-state index < -0.39 is 39.2 Å². The SMILES string of the molecule is COC(=O)C1CCCC1S(=O)(=O)N[C@H](C(=O)O)c1ccccc1. The summed E-state index contributed by atoms with van der Waals surface area (Å²) in [6, 6.07) is 6.65. The van der Waals surface area contributed by atoms with Crippen LogP contribution < -0.4 is 4.72 Å². The molecule has 2 unspecified atom stereocenters. The van der Waals surface area contributed by atoms with Crippen LogP contribution in [0.15, 0.2) is 30.3 Å². The Balaban J connectivity index is 2.25. The minimum atomic E-state index is -3.99. The van der Waals surface area contributed by atoms with E-state index in [1.165, 1.54) is 19.2 Å². The average Bonchev–Trinajstić information content (AvgIpc) is 3.03. The van der Waals surface area contributed by atoms with Gasteiger partial charge in [0, 0.05) is 0 Å². The van der Waals surface area contributed by atoms with Crippen LogP contribution in [-0.4, -0.2) is 37.8 Å². The van der Waals surface area contributed by atoms with E-state index in [2.05, 4.69) is 9.46 Å². The molecule has 1 fully saturated rings. The number of carbonyl (C=O) groups is 2. The van der Waals surface area contributed by atoms with Crippen molar-refractivity contribution in [3.63, 3.8) is 0 Å². The van der Waals surface area contributed by atoms with Crippen LogP contribution >= 0.6 is 0 Å². The number of ether oxygens (including phenoxy) is 1. The summed E-state index contributed by atoms with van der Waals surface area (Å²) in [5, 5.41) is 8.36. The van der Waals surface area contributed by atoms with Gasteiger partial charge in [0.15, 0.2) is 0 Å². The van der Waals surface area contributed by atoms with Gasteiger partial charge in [-0.2, -0.15) is 4.72 Å². The first kappa shape index (κ1) is 17.4. The largest absolute Gasteiger partial charge is 0.480 e. The van der Waals surface area contributed by atoms with Crippen LogP contribution in [-0.2, 0) is 24.3 Å². The number of aliphatic carboxylic acids is 1. The summed E-state index contributed by atoms with van der Waals surface area (Å²) in [5.41, 5.74) is 0.330. The standard InChI is InChI=1S/C15H19NO6S/c1-22-15(19)11-8-5-9-12(11)23(20,21)16-13(14(17)18)10-6-3-2-4-7-10/h2-4,6-7,11-13,16H,5,8-9H2,1H3,(H,17,18)/t11?,12?,13-/m0/s1. The third kappa shape index (κ3) is 3.89. The maximum absolute atomic E-state index is 12.6. The van der Waals surface area contributed by atoms with E-state index in [4.69, 9.17) is 0 Å². The number of carboxylic acid groups (broad SMARTS) is 1. The monoisotopic (exact) mass is 341 g/mol. The van der Waals surface area contributed by atoms with Crippen molar-refractivity contribution in [3.05, 3.63) is 35.9 Å². The molecule has 0 aromatic heterocycles. The highest BCUT2D eigenvalue weighted by atomic mass is 32.2. The van der Waals surface area contributed by atoms with Gasteiger partial charge in [0.1, 0.15) is 6.04 Å². The first-order chi connectivity index (χ1) is 10.9. The summed E-state index contributed by atoms with van der Waals surface area (Å²) >= 11 is 0. The average molecular weight is 341 g/mol. The van der Waals surface area contributed by atoms with Crippen molar-refractivity contribution in [2.75, 3.05) is 7.11 Å². The van der Waals surface area contributed by atoms with E-state index in [-0.39, 0.29) is 0 Å². The van der Waals surface area contributed by atoms with Gasteiger partial charge in [0.05, 0.1) is 18.3 Å². The number of hydrogen-bond donors (Lipinski definition) is 2. The van der Waals surface area contributed by atoms with Crippen LogP contribution in [0.3, 0.4) is 0 Å². The Morgan fingerprint density at radius 2 is 1.91 bits per heavy atom. The quantitative estimate of drug-likeness (QED) is 0.749. The Bertz CT molecular complexity index is 672. The second-order valence-corrected chi connectivity index (χ2v) is 7.38. The van der Waals surface area contributed by atoms with Crippen molar-refractivity contribution in [1.82, 2.24) is 4.72 Å². The predicted octanol–water partition coefficient (Wildman–Crippen LogP) is 1.07. The second-order valence-electron chi connectivity index (χ2n) is 5.44. The highest BCUT2D eigenvalue weighted by Gasteiger charge is 2.43. The molecule has 0 aliphatic heterocycles. The molecule has 7 nitrogen and oxygen atoms in total. The third-order valence-electron chi connectivity index (χ3n) is 4.02. The van der Waals surface area contributed by atoms with E-state index in [0.29, 0.717) is 24.8 Å². The van der Waals surface area contributed by atoms with Crippen molar-refractivity contribution in [2.24, 2.45) is 5.92 Å². The van der Waals surface area contributed by atoms with Crippen LogP contribution in [0.4, 0.5) is 0 Å². The van der Waals surface area contributed by atoms with Crippen molar-refractivity contribution < 1.29 is 27.9 Å². The molecule has 0 heterocycles. The lowest BCUT2D eigenvalue weighted by atomic mass is 10.1. The number of benzene rings is 1. The number of esters is 1. The summed E-state index contributed by atoms with van der Waals surface area (Å²) in [7, 11) is -2.78. The fourth-order valence-corrected chi connectivity index (χ4v) is 4.77. The van der Waals surface area contributed by atoms with Gasteiger partial charge in [-0.15, -0.1) is 0 Å². The molecule has 0 bridgehead atoms. The Morgan fingerprint density at radius 1 is 1.26 bits per heavy atom. The predicted molar refractivity (Wildman–Crippen MR) is 82.0 cm³/mol. The summed E-state index contributed by atoms with van der Waals surface area (Å²) in [6.45, 7) is 0. The molecule has 1 aromatic carbocycles. The first-order valence-corrected chi connectivity index (χ1v) is 8.78. The zero-order valence-electron chi connectivity index (χ0n) is 12.6. The smallest absolute Gasteiger partial charge is 0.326 e. The molecule has 0 radical (unpaired) electrons. The minimum Gasteiger partial charge on any atom is -0.480 e. The highest BCUT2D eigenvalue weighted by molar-refractivity contribution is 7.90. The van der Waals surface area contributed by atoms with Gasteiger partial charge >= 0.3 is 11.9 Å². The topological polar surface area (TPSA) is 110 Å². The van der Waals surface area contributed by atoms with Crippen LogP contribution in [0.1, 0.15) is 30.9 Å². The Morgan fingerprint density at radius 3 is 2.48 bits per heavy atom. The molecule has 2 rings (SSSR count). The Labute approximate surface area is 134 Å². The molecule has 2 N–H and O–H groups in total. The summed E-state index contributed by atoms with van der Waals surface area (Å²) < 4.78 is 32.0. The summed E-state index contributed by atoms with van der Waals surface area (Å²) in [6.07, 6.45) is 1.30. The molecule has 1 aliphatic carbocycles. The van der Waals surface area contributed by atoms with Crippen LogP contribution in [0, 0.1) is 5.92 Å². The third-order valence-corrected chi connectivity index (χ3v) is 5.94. The van der Waals surface area contributed by atoms with Crippen LogP contribution in [0.5, 0.6) is 0 Å². The van der Waals surface area contributed by atoms with E-state index in [1.807, 2.05) is 0 Å². The fourth-order valence-electron chi connectivity index (χ4n) is 2.88. The van der Waals surface area contributed by atoms with Gasteiger partial charge in [-0.3, -0.25) is 9.59 Å². The van der Waals surface area contributed by atoms with Crippen molar-refractivity contribution in [1.29, 1.82) is 0 Å². The van der Waals surface area contributed by atoms with Crippen LogP contribution in [0.25, 0.3) is 0 Å². The van der Waals surface area contributed by atoms with Gasteiger partial charge in [0.25, 0.3) is 0 Å². The van der Waals surface area contributed by atoms with Gasteiger partial charge in [-0.1, -0.05) is 36.8 Å². The number of methoxy groups -OCH3 is 1. The Kier molecular flexibility index (Phi) is 5.38. The van der Waals surface area contributed by atoms with Crippen molar-refractivity contribution >= 4 is 22.0 Å². The molecule has 0 spiro atoms. The lowest BCUT2D eigenvalue weighted by Gasteiger charge is -2.21. The number of carboxylic acids is 1. The second kappa shape index (κ2) is 7.10. The number of carbonyl (C=O) groups excluding carboxylic acids is 1. The molecule has 8 heteroatoms. The van der Waals surface area contributed by atoms with Gasteiger partial charge in [-0.05, 0) is 18.4 Å². The van der Waals surface area contributed by atoms with Crippen LogP contribution in [0.2, 0.25) is 0 Å². The highest BCUT2D eigenvalue weighted by Crippen LogP contribution is 2.32. The number of rotatable bonds is 6. The molecule has 0 saturated heterocycles. The molecular weight excluding hydrogens is 322 g/mol. The molecular formula is C15H19NO6S. The van der Waals surface area contributed by atoms with E-state index >= 15 is 0 Å². The number of sulfonamides is 1. The zero-order chi connectivity index (χ0) is 17.0. The zero-order valence-corrected chi connectivity index (χ0v) is 13.5. The van der Waals surface area contributed by atoms with E-state index in [0.717, 1.165) is 0 Å². The molecule has 3 atom stereocenters. The maximum atomic E-state index is 12.6. The maximum Gasteiger partial charge on any atom is 0.326 e. The summed E-state index contributed by atoms with van der Waals surface area (Å²) in [5.74, 6) is -2.64. The van der Waals surface area contributed by atoms with Crippen molar-refractivity contribution in [2.45, 2.75) is 30.6 Å². The minimum absolute atomic E-state index is 0.302. The van der Waals surface area contributed by atoms with Gasteiger partial charge in [-0.25, -0.2) is 8.42 Å². The van der Waals surface area contributed by atoms with E-state index in [9.17, 15) is 23.1 Å². The van der Waals surface area contributed by atoms with E-state index in [1.54, 1.807) is 18.2 Å². The lowest BCUT2D eigenvalue weighted by molar-refractivity contribution is -0.145. The van der Waals surface area contributed by atoms with Gasteiger partial charge in [0.2, 0.25) is 10.0 Å². The lowest BCUT2D eigenvalue weighted by Crippen LogP contribution is -2.43.